The van der Waals surface area contributed by atoms with E-state index < -0.39 is 0 Å². The Hall–Kier alpha value is -0.380. The summed E-state index contributed by atoms with van der Waals surface area (Å²) in [4.78, 5) is 0. The van der Waals surface area contributed by atoms with E-state index in [1.54, 1.807) is 0 Å². The van der Waals surface area contributed by atoms with Gasteiger partial charge in [0.05, 0.1) is 12.2 Å². The smallest absolute Gasteiger partial charge is 0.0810 e. The minimum Gasteiger partial charge on any atom is -0.369 e. The highest BCUT2D eigenvalue weighted by Gasteiger charge is 2.34. The molecule has 1 aromatic carbocycles. The maximum Gasteiger partial charge on any atom is 0.0810 e. The predicted molar refractivity (Wildman–Crippen MR) is 83.2 cm³/mol. The Morgan fingerprint density at radius 3 is 2.74 bits per heavy atom. The van der Waals surface area contributed by atoms with E-state index in [4.69, 9.17) is 4.74 Å². The van der Waals surface area contributed by atoms with Crippen LogP contribution in [0, 0.1) is 5.92 Å². The van der Waals surface area contributed by atoms with E-state index in [1.165, 1.54) is 31.2 Å². The molecule has 1 aliphatic rings. The van der Waals surface area contributed by atoms with E-state index in [2.05, 4.69) is 52.4 Å². The van der Waals surface area contributed by atoms with Gasteiger partial charge in [-0.1, -0.05) is 35.0 Å². The number of halogens is 1. The van der Waals surface area contributed by atoms with Crippen LogP contribution in [0.4, 0.5) is 0 Å². The molecule has 2 rings (SSSR count). The molecule has 0 atom stereocenters. The second kappa shape index (κ2) is 6.87. The quantitative estimate of drug-likeness (QED) is 0.878. The third kappa shape index (κ3) is 4.30. The first-order valence-corrected chi connectivity index (χ1v) is 7.96. The number of rotatable bonds is 5. The number of ether oxygens (including phenoxy) is 1. The minimum absolute atomic E-state index is 0.0313. The summed E-state index contributed by atoms with van der Waals surface area (Å²) < 4.78 is 7.44. The van der Waals surface area contributed by atoms with Gasteiger partial charge in [0.2, 0.25) is 0 Å². The van der Waals surface area contributed by atoms with Crippen molar-refractivity contribution in [3.63, 3.8) is 0 Å². The van der Waals surface area contributed by atoms with Gasteiger partial charge >= 0.3 is 0 Å². The molecule has 0 aliphatic heterocycles. The second-order valence-electron chi connectivity index (χ2n) is 5.81. The number of hydrogen-bond acceptors (Lipinski definition) is 2. The molecule has 0 spiro atoms. The van der Waals surface area contributed by atoms with Gasteiger partial charge in [-0.25, -0.2) is 0 Å². The SMILES string of the molecule is CNCC1(OCc2cccc(Br)c2)CCC(C)CC1. The van der Waals surface area contributed by atoms with Gasteiger partial charge in [0.25, 0.3) is 0 Å². The van der Waals surface area contributed by atoms with Gasteiger partial charge in [0.15, 0.2) is 0 Å². The van der Waals surface area contributed by atoms with Gasteiger partial charge in [0, 0.05) is 11.0 Å². The molecular weight excluding hydrogens is 302 g/mol. The molecule has 0 saturated heterocycles. The van der Waals surface area contributed by atoms with Crippen molar-refractivity contribution in [2.24, 2.45) is 5.92 Å². The lowest BCUT2D eigenvalue weighted by molar-refractivity contribution is -0.0840. The third-order valence-electron chi connectivity index (χ3n) is 4.12. The van der Waals surface area contributed by atoms with Crippen molar-refractivity contribution in [1.82, 2.24) is 5.32 Å². The van der Waals surface area contributed by atoms with Gasteiger partial charge in [-0.05, 0) is 56.3 Å². The van der Waals surface area contributed by atoms with Crippen molar-refractivity contribution >= 4 is 15.9 Å². The lowest BCUT2D eigenvalue weighted by Gasteiger charge is -2.39. The van der Waals surface area contributed by atoms with E-state index in [-0.39, 0.29) is 5.60 Å². The summed E-state index contributed by atoms with van der Waals surface area (Å²) in [5.41, 5.74) is 1.27. The maximum absolute atomic E-state index is 6.32. The van der Waals surface area contributed by atoms with Crippen LogP contribution < -0.4 is 5.32 Å². The van der Waals surface area contributed by atoms with E-state index in [0.29, 0.717) is 6.61 Å². The van der Waals surface area contributed by atoms with Gasteiger partial charge in [-0.2, -0.15) is 0 Å². The van der Waals surface area contributed by atoms with E-state index in [1.807, 2.05) is 7.05 Å². The molecule has 106 valence electrons. The summed E-state index contributed by atoms with van der Waals surface area (Å²) in [5.74, 6) is 0.847. The molecule has 0 radical (unpaired) electrons. The lowest BCUT2D eigenvalue weighted by atomic mass is 9.79. The zero-order valence-corrected chi connectivity index (χ0v) is 13.5. The lowest BCUT2D eigenvalue weighted by Crippen LogP contribution is -2.44. The molecule has 3 heteroatoms. The average Bonchev–Trinajstić information content (AvgIpc) is 2.40. The molecule has 0 heterocycles. The average molecular weight is 326 g/mol. The van der Waals surface area contributed by atoms with E-state index in [0.717, 1.165) is 16.9 Å². The molecule has 1 N–H and O–H groups in total. The molecular formula is C16H24BrNO. The molecule has 0 aromatic heterocycles. The van der Waals surface area contributed by atoms with Crippen molar-refractivity contribution in [3.05, 3.63) is 34.3 Å². The number of likely N-dealkylation sites (N-methyl/N-ethyl adjacent to an activating group) is 1. The zero-order chi connectivity index (χ0) is 13.7. The summed E-state index contributed by atoms with van der Waals surface area (Å²) in [6.45, 7) is 4.00. The van der Waals surface area contributed by atoms with Crippen LogP contribution in [0.3, 0.4) is 0 Å². The van der Waals surface area contributed by atoms with Crippen molar-refractivity contribution in [2.45, 2.75) is 44.8 Å². The maximum atomic E-state index is 6.32. The molecule has 1 aromatic rings. The van der Waals surface area contributed by atoms with Crippen LogP contribution in [0.15, 0.2) is 28.7 Å². The number of benzene rings is 1. The summed E-state index contributed by atoms with van der Waals surface area (Å²) in [6, 6.07) is 8.38. The standard InChI is InChI=1S/C16H24BrNO/c1-13-6-8-16(9-7-13,12-18-2)19-11-14-4-3-5-15(17)10-14/h3-5,10,13,18H,6-9,11-12H2,1-2H3. The first kappa shape index (κ1) is 15.0. The molecule has 1 fully saturated rings. The van der Waals surface area contributed by atoms with Gasteiger partial charge < -0.3 is 10.1 Å². The van der Waals surface area contributed by atoms with Crippen LogP contribution in [0.2, 0.25) is 0 Å². The first-order chi connectivity index (χ1) is 9.13. The normalized spacial score (nSPS) is 27.4. The Bertz CT molecular complexity index is 399. The Balaban J connectivity index is 1.97. The Labute approximate surface area is 125 Å². The highest BCUT2D eigenvalue weighted by Crippen LogP contribution is 2.35. The van der Waals surface area contributed by atoms with Crippen LogP contribution in [-0.4, -0.2) is 19.2 Å². The van der Waals surface area contributed by atoms with Crippen LogP contribution in [0.1, 0.15) is 38.2 Å². The van der Waals surface area contributed by atoms with E-state index >= 15 is 0 Å². The Morgan fingerprint density at radius 1 is 1.37 bits per heavy atom. The van der Waals surface area contributed by atoms with Crippen LogP contribution in [0.25, 0.3) is 0 Å². The Kier molecular flexibility index (Phi) is 5.43. The number of nitrogens with one attached hydrogen (secondary N) is 1. The minimum atomic E-state index is 0.0313. The molecule has 1 saturated carbocycles. The first-order valence-electron chi connectivity index (χ1n) is 7.16. The summed E-state index contributed by atoms with van der Waals surface area (Å²) in [7, 11) is 2.02. The third-order valence-corrected chi connectivity index (χ3v) is 4.61. The highest BCUT2D eigenvalue weighted by atomic mass is 79.9. The van der Waals surface area contributed by atoms with Crippen LogP contribution in [-0.2, 0) is 11.3 Å². The van der Waals surface area contributed by atoms with Crippen molar-refractivity contribution < 1.29 is 4.74 Å². The zero-order valence-electron chi connectivity index (χ0n) is 11.9. The summed E-state index contributed by atoms with van der Waals surface area (Å²) >= 11 is 3.51. The molecule has 19 heavy (non-hydrogen) atoms. The Morgan fingerprint density at radius 2 is 2.11 bits per heavy atom. The second-order valence-corrected chi connectivity index (χ2v) is 6.73. The molecule has 0 amide bonds. The van der Waals surface area contributed by atoms with Gasteiger partial charge in [-0.3, -0.25) is 0 Å². The molecule has 1 aliphatic carbocycles. The van der Waals surface area contributed by atoms with Gasteiger partial charge in [0.1, 0.15) is 0 Å². The van der Waals surface area contributed by atoms with E-state index in [9.17, 15) is 0 Å². The highest BCUT2D eigenvalue weighted by molar-refractivity contribution is 9.10. The van der Waals surface area contributed by atoms with Crippen LogP contribution in [0.5, 0.6) is 0 Å². The topological polar surface area (TPSA) is 21.3 Å². The van der Waals surface area contributed by atoms with Gasteiger partial charge in [-0.15, -0.1) is 0 Å². The fraction of sp³-hybridized carbons (Fsp3) is 0.625. The molecule has 2 nitrogen and oxygen atoms in total. The molecule has 0 unspecified atom stereocenters. The largest absolute Gasteiger partial charge is 0.369 e. The monoisotopic (exact) mass is 325 g/mol. The van der Waals surface area contributed by atoms with Crippen molar-refractivity contribution in [2.75, 3.05) is 13.6 Å². The number of hydrogen-bond donors (Lipinski definition) is 1. The van der Waals surface area contributed by atoms with Crippen molar-refractivity contribution in [1.29, 1.82) is 0 Å². The molecule has 0 bridgehead atoms. The van der Waals surface area contributed by atoms with Crippen molar-refractivity contribution in [3.8, 4) is 0 Å². The predicted octanol–water partition coefficient (Wildman–Crippen LogP) is 4.13. The fourth-order valence-corrected chi connectivity index (χ4v) is 3.29. The summed E-state index contributed by atoms with van der Waals surface area (Å²) in [5, 5.41) is 3.31. The fourth-order valence-electron chi connectivity index (χ4n) is 2.85. The summed E-state index contributed by atoms with van der Waals surface area (Å²) in [6.07, 6.45) is 4.90. The van der Waals surface area contributed by atoms with Crippen LogP contribution >= 0.6 is 15.9 Å².